The summed E-state index contributed by atoms with van der Waals surface area (Å²) >= 11 is 11.2. The Bertz CT molecular complexity index is 147. The lowest BCUT2D eigenvalue weighted by Crippen LogP contribution is -2.57. The monoisotopic (exact) mass is 244 g/mol. The fraction of sp³-hybridized carbons (Fsp3) is 1.00. The van der Waals surface area contributed by atoms with Crippen LogP contribution in [0.4, 0.5) is 0 Å². The molecule has 0 heterocycles. The molecular formula is C8H18Cl2N2O2. The highest BCUT2D eigenvalue weighted by atomic mass is 35.5. The van der Waals surface area contributed by atoms with Crippen LogP contribution in [0.5, 0.6) is 0 Å². The number of hydrogen-bond donors (Lipinski definition) is 3. The van der Waals surface area contributed by atoms with Gasteiger partial charge in [-0.1, -0.05) is 0 Å². The SMILES string of the molecule is CC(O)(NCCCO)N(CCl)CCCl. The van der Waals surface area contributed by atoms with E-state index in [1.54, 1.807) is 11.8 Å². The number of aliphatic hydroxyl groups excluding tert-OH is 1. The van der Waals surface area contributed by atoms with Gasteiger partial charge in [0.1, 0.15) is 0 Å². The molecule has 0 aromatic heterocycles. The Morgan fingerprint density at radius 2 is 2.07 bits per heavy atom. The van der Waals surface area contributed by atoms with Gasteiger partial charge in [-0.25, -0.2) is 4.90 Å². The van der Waals surface area contributed by atoms with Gasteiger partial charge in [0.05, 0.1) is 6.00 Å². The molecule has 0 spiro atoms. The van der Waals surface area contributed by atoms with Crippen LogP contribution in [0.25, 0.3) is 0 Å². The maximum Gasteiger partial charge on any atom is 0.172 e. The van der Waals surface area contributed by atoms with E-state index in [0.29, 0.717) is 25.4 Å². The lowest BCUT2D eigenvalue weighted by Gasteiger charge is -2.35. The minimum absolute atomic E-state index is 0.0967. The second kappa shape index (κ2) is 7.68. The lowest BCUT2D eigenvalue weighted by atomic mass is 10.3. The topological polar surface area (TPSA) is 55.7 Å². The smallest absolute Gasteiger partial charge is 0.172 e. The van der Waals surface area contributed by atoms with Crippen molar-refractivity contribution in [3.8, 4) is 0 Å². The summed E-state index contributed by atoms with van der Waals surface area (Å²) in [4.78, 5) is 1.61. The average molecular weight is 245 g/mol. The maximum absolute atomic E-state index is 9.92. The first-order valence-electron chi connectivity index (χ1n) is 4.53. The molecule has 0 rings (SSSR count). The van der Waals surface area contributed by atoms with Gasteiger partial charge in [0.25, 0.3) is 0 Å². The van der Waals surface area contributed by atoms with E-state index < -0.39 is 5.85 Å². The molecule has 6 heteroatoms. The van der Waals surface area contributed by atoms with E-state index >= 15 is 0 Å². The molecule has 0 radical (unpaired) electrons. The summed E-state index contributed by atoms with van der Waals surface area (Å²) in [5.41, 5.74) is 0. The predicted octanol–water partition coefficient (Wildman–Crippen LogP) is 0.362. The fourth-order valence-electron chi connectivity index (χ4n) is 1.01. The number of nitrogens with one attached hydrogen (secondary N) is 1. The highest BCUT2D eigenvalue weighted by Gasteiger charge is 2.26. The normalized spacial score (nSPS) is 15.9. The second-order valence-corrected chi connectivity index (χ2v) is 3.71. The summed E-state index contributed by atoms with van der Waals surface area (Å²) in [6.07, 6.45) is 0.590. The van der Waals surface area contributed by atoms with Gasteiger partial charge in [-0.15, -0.1) is 23.2 Å². The van der Waals surface area contributed by atoms with E-state index in [-0.39, 0.29) is 12.6 Å². The van der Waals surface area contributed by atoms with Crippen LogP contribution in [0, 0.1) is 0 Å². The Kier molecular flexibility index (Phi) is 7.91. The van der Waals surface area contributed by atoms with Crippen molar-refractivity contribution in [2.75, 3.05) is 31.6 Å². The number of alkyl halides is 2. The molecule has 0 aliphatic heterocycles. The van der Waals surface area contributed by atoms with Gasteiger partial charge in [0.2, 0.25) is 0 Å². The van der Waals surface area contributed by atoms with E-state index in [9.17, 15) is 5.11 Å². The van der Waals surface area contributed by atoms with Gasteiger partial charge in [-0.05, 0) is 13.3 Å². The minimum Gasteiger partial charge on any atom is -0.396 e. The van der Waals surface area contributed by atoms with Crippen LogP contribution < -0.4 is 5.32 Å². The molecule has 0 fully saturated rings. The van der Waals surface area contributed by atoms with Crippen LogP contribution in [0.3, 0.4) is 0 Å². The van der Waals surface area contributed by atoms with Crippen molar-refractivity contribution in [1.29, 1.82) is 0 Å². The van der Waals surface area contributed by atoms with Crippen LogP contribution in [-0.4, -0.2) is 52.5 Å². The summed E-state index contributed by atoms with van der Waals surface area (Å²) in [7, 11) is 0. The number of nitrogens with zero attached hydrogens (tertiary/aromatic N) is 1. The maximum atomic E-state index is 9.92. The first-order chi connectivity index (χ1) is 6.58. The van der Waals surface area contributed by atoms with Crippen molar-refractivity contribution >= 4 is 23.2 Å². The van der Waals surface area contributed by atoms with Crippen molar-refractivity contribution < 1.29 is 10.2 Å². The number of aliphatic hydroxyl groups is 2. The zero-order valence-electron chi connectivity index (χ0n) is 8.34. The Hall–Kier alpha value is 0.420. The summed E-state index contributed by atoms with van der Waals surface area (Å²) < 4.78 is 0. The van der Waals surface area contributed by atoms with Crippen LogP contribution in [0.15, 0.2) is 0 Å². The highest BCUT2D eigenvalue weighted by molar-refractivity contribution is 6.18. The van der Waals surface area contributed by atoms with Gasteiger partial charge in [0, 0.05) is 25.6 Å². The Labute approximate surface area is 94.8 Å². The standard InChI is InChI=1S/C8H18Cl2N2O2/c1-8(14,11-4-2-6-13)12(7-10)5-3-9/h11,13-14H,2-7H2,1H3. The summed E-state index contributed by atoms with van der Waals surface area (Å²) in [5, 5.41) is 21.4. The minimum atomic E-state index is -1.17. The second-order valence-electron chi connectivity index (χ2n) is 3.10. The third-order valence-corrected chi connectivity index (χ3v) is 2.37. The zero-order chi connectivity index (χ0) is 11.0. The first kappa shape index (κ1) is 14.4. The lowest BCUT2D eigenvalue weighted by molar-refractivity contribution is -0.108. The molecule has 0 saturated heterocycles. The largest absolute Gasteiger partial charge is 0.396 e. The molecule has 0 aromatic carbocycles. The average Bonchev–Trinajstić information content (AvgIpc) is 2.14. The summed E-state index contributed by atoms with van der Waals surface area (Å²) in [6, 6.07) is 0.200. The molecule has 0 aromatic rings. The van der Waals surface area contributed by atoms with Crippen molar-refractivity contribution in [3.63, 3.8) is 0 Å². The molecular weight excluding hydrogens is 227 g/mol. The fourth-order valence-corrected chi connectivity index (χ4v) is 1.57. The Morgan fingerprint density at radius 1 is 1.43 bits per heavy atom. The van der Waals surface area contributed by atoms with Crippen molar-refractivity contribution in [1.82, 2.24) is 10.2 Å². The molecule has 0 saturated carbocycles. The third-order valence-electron chi connectivity index (χ3n) is 1.91. The zero-order valence-corrected chi connectivity index (χ0v) is 9.85. The van der Waals surface area contributed by atoms with E-state index in [0.717, 1.165) is 0 Å². The van der Waals surface area contributed by atoms with E-state index in [1.165, 1.54) is 0 Å². The summed E-state index contributed by atoms with van der Waals surface area (Å²) in [6.45, 7) is 2.74. The number of hydrogen-bond acceptors (Lipinski definition) is 4. The van der Waals surface area contributed by atoms with E-state index in [1.807, 2.05) is 0 Å². The van der Waals surface area contributed by atoms with E-state index in [4.69, 9.17) is 28.3 Å². The van der Waals surface area contributed by atoms with Gasteiger partial charge in [-0.3, -0.25) is 5.32 Å². The molecule has 1 atom stereocenters. The quantitative estimate of drug-likeness (QED) is 0.250. The molecule has 86 valence electrons. The first-order valence-corrected chi connectivity index (χ1v) is 5.60. The van der Waals surface area contributed by atoms with Crippen LogP contribution in [-0.2, 0) is 0 Å². The number of rotatable bonds is 8. The van der Waals surface area contributed by atoms with Crippen LogP contribution in [0.2, 0.25) is 0 Å². The van der Waals surface area contributed by atoms with Gasteiger partial charge < -0.3 is 10.2 Å². The molecule has 1 unspecified atom stereocenters. The molecule has 3 N–H and O–H groups in total. The number of halogens is 2. The van der Waals surface area contributed by atoms with Crippen molar-refractivity contribution in [2.24, 2.45) is 0 Å². The van der Waals surface area contributed by atoms with Gasteiger partial charge in [0.15, 0.2) is 5.85 Å². The molecule has 0 aliphatic rings. The van der Waals surface area contributed by atoms with Gasteiger partial charge >= 0.3 is 0 Å². The Balaban J connectivity index is 3.97. The predicted molar refractivity (Wildman–Crippen MR) is 58.5 cm³/mol. The third kappa shape index (κ3) is 5.34. The van der Waals surface area contributed by atoms with Crippen LogP contribution >= 0.6 is 23.2 Å². The van der Waals surface area contributed by atoms with Crippen molar-refractivity contribution in [2.45, 2.75) is 19.2 Å². The molecule has 0 bridgehead atoms. The van der Waals surface area contributed by atoms with Gasteiger partial charge in [-0.2, -0.15) is 0 Å². The Morgan fingerprint density at radius 3 is 2.50 bits per heavy atom. The summed E-state index contributed by atoms with van der Waals surface area (Å²) in [5.74, 6) is -0.768. The van der Waals surface area contributed by atoms with Crippen molar-refractivity contribution in [3.05, 3.63) is 0 Å². The highest BCUT2D eigenvalue weighted by Crippen LogP contribution is 2.08. The van der Waals surface area contributed by atoms with E-state index in [2.05, 4.69) is 5.32 Å². The molecule has 0 amide bonds. The molecule has 0 aliphatic carbocycles. The molecule has 4 nitrogen and oxygen atoms in total. The molecule has 14 heavy (non-hydrogen) atoms. The van der Waals surface area contributed by atoms with Crippen LogP contribution in [0.1, 0.15) is 13.3 Å².